The molecule has 0 unspecified atom stereocenters. The number of nitrogens with zero attached hydrogens (tertiary/aromatic N) is 1. The Bertz CT molecular complexity index is 228. The number of hydrogen-bond donors (Lipinski definition) is 0. The van der Waals surface area contributed by atoms with Crippen molar-refractivity contribution in [3.05, 3.63) is 0 Å². The van der Waals surface area contributed by atoms with Crippen LogP contribution in [0.25, 0.3) is 0 Å². The highest BCUT2D eigenvalue weighted by Crippen LogP contribution is 2.54. The molecular formula is C16H31N. The summed E-state index contributed by atoms with van der Waals surface area (Å²) in [6.07, 6.45) is 7.52. The van der Waals surface area contributed by atoms with Gasteiger partial charge < -0.3 is 4.90 Å². The second-order valence-electron chi connectivity index (χ2n) is 7.60. The van der Waals surface area contributed by atoms with Crippen LogP contribution in [-0.2, 0) is 0 Å². The number of likely N-dealkylation sites (tertiary alicyclic amines) is 1. The summed E-state index contributed by atoms with van der Waals surface area (Å²) in [6, 6.07) is 0. The lowest BCUT2D eigenvalue weighted by Crippen LogP contribution is -2.48. The molecule has 0 aromatic heterocycles. The van der Waals surface area contributed by atoms with Crippen molar-refractivity contribution in [1.29, 1.82) is 0 Å². The summed E-state index contributed by atoms with van der Waals surface area (Å²) in [5.41, 5.74) is 0.785. The smallest absolute Gasteiger partial charge is 0.000439 e. The molecule has 0 radical (unpaired) electrons. The molecule has 1 nitrogen and oxygen atoms in total. The van der Waals surface area contributed by atoms with Crippen molar-refractivity contribution in [2.24, 2.45) is 23.2 Å². The first kappa shape index (κ1) is 13.4. The molecule has 2 aliphatic rings. The van der Waals surface area contributed by atoms with E-state index in [4.69, 9.17) is 0 Å². The van der Waals surface area contributed by atoms with Crippen LogP contribution in [0, 0.1) is 23.2 Å². The third-order valence-corrected chi connectivity index (χ3v) is 4.79. The van der Waals surface area contributed by atoms with E-state index in [1.165, 1.54) is 38.9 Å². The Kier molecular flexibility index (Phi) is 4.18. The quantitative estimate of drug-likeness (QED) is 0.709. The Labute approximate surface area is 108 Å². The van der Waals surface area contributed by atoms with Gasteiger partial charge in [-0.2, -0.15) is 0 Å². The first-order valence-corrected chi connectivity index (χ1v) is 7.71. The minimum Gasteiger partial charge on any atom is -0.303 e. The maximum atomic E-state index is 2.69. The van der Waals surface area contributed by atoms with Gasteiger partial charge in [-0.25, -0.2) is 0 Å². The largest absolute Gasteiger partial charge is 0.303 e. The highest BCUT2D eigenvalue weighted by Gasteiger charge is 2.45. The van der Waals surface area contributed by atoms with Gasteiger partial charge in [0.15, 0.2) is 0 Å². The summed E-state index contributed by atoms with van der Waals surface area (Å²) in [6.45, 7) is 13.5. The minimum atomic E-state index is 0.785. The van der Waals surface area contributed by atoms with Crippen molar-refractivity contribution in [2.45, 2.75) is 59.8 Å². The van der Waals surface area contributed by atoms with Gasteiger partial charge in [-0.15, -0.1) is 0 Å². The zero-order chi connectivity index (χ0) is 12.5. The highest BCUT2D eigenvalue weighted by molar-refractivity contribution is 4.97. The SMILES string of the molecule is CC(C)CC1CC2(CCN(CC(C)C)CC2)C1. The molecule has 1 heterocycles. The molecule has 2 rings (SSSR count). The molecule has 1 saturated carbocycles. The standard InChI is InChI=1S/C16H31N/c1-13(2)9-15-10-16(11-15)5-7-17(8-6-16)12-14(3)4/h13-15H,5-12H2,1-4H3. The van der Waals surface area contributed by atoms with E-state index in [0.717, 1.165) is 23.2 Å². The summed E-state index contributed by atoms with van der Waals surface area (Å²) in [7, 11) is 0. The Morgan fingerprint density at radius 2 is 1.59 bits per heavy atom. The molecule has 1 heteroatoms. The van der Waals surface area contributed by atoms with Crippen molar-refractivity contribution in [1.82, 2.24) is 4.90 Å². The average Bonchev–Trinajstić information content (AvgIpc) is 2.17. The number of piperidine rings is 1. The van der Waals surface area contributed by atoms with Crippen LogP contribution in [0.3, 0.4) is 0 Å². The van der Waals surface area contributed by atoms with Crippen LogP contribution in [-0.4, -0.2) is 24.5 Å². The van der Waals surface area contributed by atoms with Crippen molar-refractivity contribution in [2.75, 3.05) is 19.6 Å². The molecule has 1 aliphatic heterocycles. The molecule has 2 fully saturated rings. The van der Waals surface area contributed by atoms with Crippen LogP contribution < -0.4 is 0 Å². The Morgan fingerprint density at radius 1 is 1.00 bits per heavy atom. The average molecular weight is 237 g/mol. The van der Waals surface area contributed by atoms with Crippen LogP contribution in [0.5, 0.6) is 0 Å². The molecule has 100 valence electrons. The number of hydrogen-bond acceptors (Lipinski definition) is 1. The molecule has 0 bridgehead atoms. The molecule has 0 amide bonds. The zero-order valence-corrected chi connectivity index (χ0v) is 12.3. The lowest BCUT2D eigenvalue weighted by atomic mass is 9.56. The number of rotatable bonds is 4. The Balaban J connectivity index is 1.70. The monoisotopic (exact) mass is 237 g/mol. The summed E-state index contributed by atoms with van der Waals surface area (Å²) in [5.74, 6) is 2.80. The van der Waals surface area contributed by atoms with E-state index >= 15 is 0 Å². The molecule has 1 spiro atoms. The molecule has 17 heavy (non-hydrogen) atoms. The van der Waals surface area contributed by atoms with E-state index in [2.05, 4.69) is 32.6 Å². The van der Waals surface area contributed by atoms with E-state index in [-0.39, 0.29) is 0 Å². The molecule has 1 saturated heterocycles. The van der Waals surface area contributed by atoms with Gasteiger partial charge in [-0.1, -0.05) is 27.7 Å². The first-order valence-electron chi connectivity index (χ1n) is 7.71. The maximum absolute atomic E-state index is 2.69. The van der Waals surface area contributed by atoms with Gasteiger partial charge in [-0.05, 0) is 68.4 Å². The molecule has 0 atom stereocenters. The molecule has 0 aromatic rings. The van der Waals surface area contributed by atoms with Gasteiger partial charge in [0.1, 0.15) is 0 Å². The molecular weight excluding hydrogens is 206 g/mol. The highest BCUT2D eigenvalue weighted by atomic mass is 15.1. The fourth-order valence-corrected chi connectivity index (χ4v) is 4.13. The zero-order valence-electron chi connectivity index (χ0n) is 12.3. The summed E-state index contributed by atoms with van der Waals surface area (Å²) in [5, 5.41) is 0. The first-order chi connectivity index (χ1) is 7.99. The fraction of sp³-hybridized carbons (Fsp3) is 1.00. The lowest BCUT2D eigenvalue weighted by molar-refractivity contribution is -0.0224. The predicted molar refractivity (Wildman–Crippen MR) is 75.1 cm³/mol. The van der Waals surface area contributed by atoms with Crippen molar-refractivity contribution in [3.8, 4) is 0 Å². The summed E-state index contributed by atoms with van der Waals surface area (Å²) in [4.78, 5) is 2.69. The third kappa shape index (κ3) is 3.47. The Morgan fingerprint density at radius 3 is 2.06 bits per heavy atom. The summed E-state index contributed by atoms with van der Waals surface area (Å²) < 4.78 is 0. The Hall–Kier alpha value is -0.0400. The second kappa shape index (κ2) is 5.30. The van der Waals surface area contributed by atoms with Gasteiger partial charge in [0.25, 0.3) is 0 Å². The maximum Gasteiger partial charge on any atom is 0.000439 e. The van der Waals surface area contributed by atoms with Crippen molar-refractivity contribution in [3.63, 3.8) is 0 Å². The summed E-state index contributed by atoms with van der Waals surface area (Å²) >= 11 is 0. The van der Waals surface area contributed by atoms with E-state index in [9.17, 15) is 0 Å². The van der Waals surface area contributed by atoms with Gasteiger partial charge in [0.05, 0.1) is 0 Å². The van der Waals surface area contributed by atoms with Crippen LogP contribution >= 0.6 is 0 Å². The van der Waals surface area contributed by atoms with Crippen LogP contribution in [0.4, 0.5) is 0 Å². The van der Waals surface area contributed by atoms with Crippen molar-refractivity contribution >= 4 is 0 Å². The fourth-order valence-electron chi connectivity index (χ4n) is 4.13. The van der Waals surface area contributed by atoms with Crippen molar-refractivity contribution < 1.29 is 0 Å². The van der Waals surface area contributed by atoms with E-state index in [1.807, 2.05) is 0 Å². The molecule has 1 aliphatic carbocycles. The lowest BCUT2D eigenvalue weighted by Gasteiger charge is -2.53. The normalized spacial score (nSPS) is 25.8. The van der Waals surface area contributed by atoms with Gasteiger partial charge in [0.2, 0.25) is 0 Å². The van der Waals surface area contributed by atoms with E-state index < -0.39 is 0 Å². The minimum absolute atomic E-state index is 0.785. The van der Waals surface area contributed by atoms with Gasteiger partial charge >= 0.3 is 0 Å². The third-order valence-electron chi connectivity index (χ3n) is 4.79. The second-order valence-corrected chi connectivity index (χ2v) is 7.60. The van der Waals surface area contributed by atoms with Gasteiger partial charge in [-0.3, -0.25) is 0 Å². The molecule has 0 N–H and O–H groups in total. The predicted octanol–water partition coefficient (Wildman–Crippen LogP) is 4.18. The topological polar surface area (TPSA) is 3.24 Å². The van der Waals surface area contributed by atoms with Crippen LogP contribution in [0.2, 0.25) is 0 Å². The van der Waals surface area contributed by atoms with E-state index in [1.54, 1.807) is 12.8 Å². The van der Waals surface area contributed by atoms with Crippen LogP contribution in [0.15, 0.2) is 0 Å². The van der Waals surface area contributed by atoms with Crippen LogP contribution in [0.1, 0.15) is 59.8 Å². The van der Waals surface area contributed by atoms with Gasteiger partial charge in [0, 0.05) is 6.54 Å². The van der Waals surface area contributed by atoms with E-state index in [0.29, 0.717) is 0 Å². The molecule has 0 aromatic carbocycles.